The van der Waals surface area contributed by atoms with Crippen LogP contribution < -0.4 is 5.32 Å². The normalized spacial score (nSPS) is 22.6. The van der Waals surface area contributed by atoms with Crippen LogP contribution in [-0.2, 0) is 4.79 Å². The Labute approximate surface area is 91.6 Å². The predicted molar refractivity (Wildman–Crippen MR) is 60.8 cm³/mol. The van der Waals surface area contributed by atoms with E-state index in [-0.39, 0.29) is 6.42 Å². The highest BCUT2D eigenvalue weighted by atomic mass is 16.4. The van der Waals surface area contributed by atoms with Crippen molar-refractivity contribution in [1.29, 1.82) is 0 Å². The van der Waals surface area contributed by atoms with Crippen LogP contribution in [0.2, 0.25) is 0 Å². The molecule has 1 aliphatic carbocycles. The van der Waals surface area contributed by atoms with Crippen LogP contribution >= 0.6 is 0 Å². The van der Waals surface area contributed by atoms with Gasteiger partial charge in [-0.2, -0.15) is 0 Å². The van der Waals surface area contributed by atoms with Gasteiger partial charge in [-0.1, -0.05) is 12.2 Å². The molecular formula is C12H21NO2. The molecule has 0 aromatic rings. The van der Waals surface area contributed by atoms with Crippen LogP contribution in [0.25, 0.3) is 0 Å². The van der Waals surface area contributed by atoms with E-state index in [0.717, 1.165) is 18.9 Å². The van der Waals surface area contributed by atoms with E-state index in [1.165, 1.54) is 19.3 Å². The Morgan fingerprint density at radius 3 is 3.00 bits per heavy atom. The van der Waals surface area contributed by atoms with Crippen molar-refractivity contribution in [2.75, 3.05) is 6.54 Å². The zero-order valence-corrected chi connectivity index (χ0v) is 9.41. The zero-order chi connectivity index (χ0) is 11.1. The molecule has 0 aromatic heterocycles. The number of carbonyl (C=O) groups is 1. The molecule has 0 radical (unpaired) electrons. The molecule has 1 rings (SSSR count). The van der Waals surface area contributed by atoms with Gasteiger partial charge < -0.3 is 10.4 Å². The molecule has 15 heavy (non-hydrogen) atoms. The number of hydrogen-bond acceptors (Lipinski definition) is 2. The van der Waals surface area contributed by atoms with Crippen molar-refractivity contribution < 1.29 is 9.90 Å². The molecule has 0 aromatic carbocycles. The van der Waals surface area contributed by atoms with Gasteiger partial charge in [0.25, 0.3) is 0 Å². The molecule has 3 heteroatoms. The SMILES string of the molecule is CC(CCC(=O)O)NCC1CC=CCC1. The first kappa shape index (κ1) is 12.2. The van der Waals surface area contributed by atoms with Crippen molar-refractivity contribution in [2.45, 2.75) is 45.1 Å². The van der Waals surface area contributed by atoms with Crippen molar-refractivity contribution in [2.24, 2.45) is 5.92 Å². The maximum atomic E-state index is 10.4. The van der Waals surface area contributed by atoms with Crippen molar-refractivity contribution in [3.05, 3.63) is 12.2 Å². The highest BCUT2D eigenvalue weighted by molar-refractivity contribution is 5.66. The molecule has 0 fully saturated rings. The average Bonchev–Trinajstić information content (AvgIpc) is 2.25. The van der Waals surface area contributed by atoms with Gasteiger partial charge in [0.05, 0.1) is 0 Å². The van der Waals surface area contributed by atoms with Gasteiger partial charge in [-0.05, 0) is 45.1 Å². The lowest BCUT2D eigenvalue weighted by Gasteiger charge is -2.21. The Morgan fingerprint density at radius 1 is 1.60 bits per heavy atom. The van der Waals surface area contributed by atoms with Gasteiger partial charge in [-0.25, -0.2) is 0 Å². The lowest BCUT2D eigenvalue weighted by Crippen LogP contribution is -2.32. The molecule has 0 saturated heterocycles. The van der Waals surface area contributed by atoms with E-state index in [9.17, 15) is 4.79 Å². The minimum absolute atomic E-state index is 0.263. The third kappa shape index (κ3) is 5.57. The van der Waals surface area contributed by atoms with Crippen molar-refractivity contribution >= 4 is 5.97 Å². The fourth-order valence-electron chi connectivity index (χ4n) is 1.85. The van der Waals surface area contributed by atoms with Crippen molar-refractivity contribution in [1.82, 2.24) is 5.32 Å². The minimum Gasteiger partial charge on any atom is -0.481 e. The quantitative estimate of drug-likeness (QED) is 0.662. The smallest absolute Gasteiger partial charge is 0.303 e. The summed E-state index contributed by atoms with van der Waals surface area (Å²) in [5.74, 6) is 0.0338. The fourth-order valence-corrected chi connectivity index (χ4v) is 1.85. The molecule has 2 N–H and O–H groups in total. The van der Waals surface area contributed by atoms with E-state index in [1.807, 2.05) is 0 Å². The number of hydrogen-bond donors (Lipinski definition) is 2. The van der Waals surface area contributed by atoms with Crippen LogP contribution in [0.3, 0.4) is 0 Å². The Hall–Kier alpha value is -0.830. The first-order valence-electron chi connectivity index (χ1n) is 5.78. The van der Waals surface area contributed by atoms with Gasteiger partial charge in [0.15, 0.2) is 0 Å². The molecule has 3 nitrogen and oxygen atoms in total. The molecule has 0 spiro atoms. The first-order valence-corrected chi connectivity index (χ1v) is 5.78. The van der Waals surface area contributed by atoms with E-state index in [4.69, 9.17) is 5.11 Å². The topological polar surface area (TPSA) is 49.3 Å². The second-order valence-corrected chi connectivity index (χ2v) is 4.39. The van der Waals surface area contributed by atoms with Crippen LogP contribution in [0.5, 0.6) is 0 Å². The minimum atomic E-state index is -0.704. The summed E-state index contributed by atoms with van der Waals surface area (Å²) in [4.78, 5) is 10.4. The summed E-state index contributed by atoms with van der Waals surface area (Å²) in [6.07, 6.45) is 9.09. The van der Waals surface area contributed by atoms with Gasteiger partial charge in [-0.15, -0.1) is 0 Å². The number of rotatable bonds is 6. The van der Waals surface area contributed by atoms with Crippen molar-refractivity contribution in [3.8, 4) is 0 Å². The van der Waals surface area contributed by atoms with Crippen LogP contribution in [0.15, 0.2) is 12.2 Å². The lowest BCUT2D eigenvalue weighted by atomic mass is 9.94. The molecule has 0 bridgehead atoms. The monoisotopic (exact) mass is 211 g/mol. The van der Waals surface area contributed by atoms with Crippen LogP contribution in [0.4, 0.5) is 0 Å². The molecule has 1 aliphatic rings. The van der Waals surface area contributed by atoms with Gasteiger partial charge in [-0.3, -0.25) is 4.79 Å². The highest BCUT2D eigenvalue weighted by Gasteiger charge is 2.11. The maximum Gasteiger partial charge on any atom is 0.303 e. The molecule has 0 amide bonds. The van der Waals surface area contributed by atoms with Gasteiger partial charge >= 0.3 is 5.97 Å². The standard InChI is InChI=1S/C12H21NO2/c1-10(7-8-12(14)15)13-9-11-5-3-2-4-6-11/h2-3,10-11,13H,4-9H2,1H3,(H,14,15). The summed E-state index contributed by atoms with van der Waals surface area (Å²) < 4.78 is 0. The second-order valence-electron chi connectivity index (χ2n) is 4.39. The van der Waals surface area contributed by atoms with E-state index >= 15 is 0 Å². The maximum absolute atomic E-state index is 10.4. The predicted octanol–water partition coefficient (Wildman–Crippen LogP) is 2.19. The molecule has 86 valence electrons. The third-order valence-electron chi connectivity index (χ3n) is 2.92. The van der Waals surface area contributed by atoms with Gasteiger partial charge in [0, 0.05) is 12.5 Å². The molecule has 0 heterocycles. The number of aliphatic carboxylic acids is 1. The fraction of sp³-hybridized carbons (Fsp3) is 0.750. The molecule has 2 atom stereocenters. The van der Waals surface area contributed by atoms with E-state index in [2.05, 4.69) is 24.4 Å². The zero-order valence-electron chi connectivity index (χ0n) is 9.41. The Balaban J connectivity index is 2.07. The Morgan fingerprint density at radius 2 is 2.40 bits per heavy atom. The third-order valence-corrected chi connectivity index (χ3v) is 2.92. The Kier molecular flexibility index (Phi) is 5.40. The molecular weight excluding hydrogens is 190 g/mol. The van der Waals surface area contributed by atoms with Crippen LogP contribution in [0.1, 0.15) is 39.0 Å². The lowest BCUT2D eigenvalue weighted by molar-refractivity contribution is -0.137. The number of nitrogens with one attached hydrogen (secondary N) is 1. The number of carboxylic acids is 1. The average molecular weight is 211 g/mol. The van der Waals surface area contributed by atoms with Gasteiger partial charge in [0.2, 0.25) is 0 Å². The summed E-state index contributed by atoms with van der Waals surface area (Å²) in [5, 5.41) is 12.0. The summed E-state index contributed by atoms with van der Waals surface area (Å²) in [6, 6.07) is 0.312. The number of allylic oxidation sites excluding steroid dienone is 2. The van der Waals surface area contributed by atoms with E-state index in [0.29, 0.717) is 6.04 Å². The highest BCUT2D eigenvalue weighted by Crippen LogP contribution is 2.17. The van der Waals surface area contributed by atoms with E-state index < -0.39 is 5.97 Å². The summed E-state index contributed by atoms with van der Waals surface area (Å²) in [6.45, 7) is 3.08. The molecule has 0 saturated carbocycles. The van der Waals surface area contributed by atoms with E-state index in [1.54, 1.807) is 0 Å². The first-order chi connectivity index (χ1) is 7.18. The van der Waals surface area contributed by atoms with Crippen molar-refractivity contribution in [3.63, 3.8) is 0 Å². The Bertz CT molecular complexity index is 226. The molecule has 2 unspecified atom stereocenters. The van der Waals surface area contributed by atoms with Crippen LogP contribution in [-0.4, -0.2) is 23.7 Å². The van der Waals surface area contributed by atoms with Crippen LogP contribution in [0, 0.1) is 5.92 Å². The summed E-state index contributed by atoms with van der Waals surface area (Å²) in [7, 11) is 0. The second kappa shape index (κ2) is 6.62. The summed E-state index contributed by atoms with van der Waals surface area (Å²) in [5.41, 5.74) is 0. The largest absolute Gasteiger partial charge is 0.481 e. The number of carboxylic acid groups (broad SMARTS) is 1. The molecule has 0 aliphatic heterocycles. The summed E-state index contributed by atoms with van der Waals surface area (Å²) >= 11 is 0. The van der Waals surface area contributed by atoms with Gasteiger partial charge in [0.1, 0.15) is 0 Å².